The molecule has 0 spiro atoms. The van der Waals surface area contributed by atoms with Crippen LogP contribution in [0.1, 0.15) is 5.56 Å². The first-order chi connectivity index (χ1) is 13.8. The second-order valence-corrected chi connectivity index (χ2v) is 10.5. The predicted molar refractivity (Wildman–Crippen MR) is 110 cm³/mol. The number of hydrogen-bond donors (Lipinski definition) is 1. The van der Waals surface area contributed by atoms with Crippen LogP contribution in [0, 0.1) is 0 Å². The largest absolute Gasteiger partial charge is 0.342 e. The third-order valence-electron chi connectivity index (χ3n) is 3.98. The van der Waals surface area contributed by atoms with E-state index in [0.29, 0.717) is 14.3 Å². The summed E-state index contributed by atoms with van der Waals surface area (Å²) in [4.78, 5) is 26.5. The van der Waals surface area contributed by atoms with E-state index >= 15 is 0 Å². The fourth-order valence-corrected chi connectivity index (χ4v) is 5.93. The molecule has 4 rings (SSSR count). The highest BCUT2D eigenvalue weighted by molar-refractivity contribution is 9.11. The molecule has 12 heteroatoms. The van der Waals surface area contributed by atoms with Gasteiger partial charge in [0.05, 0.1) is 22.1 Å². The maximum Gasteiger partial charge on any atom is 0.342 e. The van der Waals surface area contributed by atoms with Crippen molar-refractivity contribution in [3.63, 3.8) is 0 Å². The van der Waals surface area contributed by atoms with Crippen molar-refractivity contribution in [3.05, 3.63) is 85.0 Å². The molecule has 9 nitrogen and oxygen atoms in total. The van der Waals surface area contributed by atoms with Crippen LogP contribution >= 0.6 is 27.3 Å². The van der Waals surface area contributed by atoms with Gasteiger partial charge in [-0.3, -0.25) is 9.78 Å². The summed E-state index contributed by atoms with van der Waals surface area (Å²) in [5, 5.41) is 7.93. The first-order valence-corrected chi connectivity index (χ1v) is 11.2. The van der Waals surface area contributed by atoms with Gasteiger partial charge in [0.1, 0.15) is 9.90 Å². The zero-order chi connectivity index (χ0) is 20.6. The van der Waals surface area contributed by atoms with Gasteiger partial charge < -0.3 is 0 Å². The summed E-state index contributed by atoms with van der Waals surface area (Å²) in [5.41, 5.74) is -0.754. The molecule has 4 aromatic rings. The molecule has 0 aliphatic heterocycles. The van der Waals surface area contributed by atoms with Crippen LogP contribution in [-0.2, 0) is 16.6 Å². The summed E-state index contributed by atoms with van der Waals surface area (Å²) in [6.07, 6.45) is 2.49. The molecule has 0 aliphatic rings. The van der Waals surface area contributed by atoms with Crippen LogP contribution in [0.4, 0.5) is 0 Å². The number of rotatable bonds is 5. The highest BCUT2D eigenvalue weighted by Crippen LogP contribution is 2.27. The second kappa shape index (κ2) is 7.54. The summed E-state index contributed by atoms with van der Waals surface area (Å²) >= 11 is 4.15. The summed E-state index contributed by atoms with van der Waals surface area (Å²) in [5.74, 6) is 0. The van der Waals surface area contributed by atoms with Crippen molar-refractivity contribution in [1.82, 2.24) is 24.0 Å². The Bertz CT molecular complexity index is 1400. The lowest BCUT2D eigenvalue weighted by atomic mass is 10.2. The summed E-state index contributed by atoms with van der Waals surface area (Å²) in [6, 6.07) is 12.4. The van der Waals surface area contributed by atoms with Crippen molar-refractivity contribution in [2.45, 2.75) is 10.8 Å². The van der Waals surface area contributed by atoms with Crippen molar-refractivity contribution >= 4 is 37.3 Å². The Morgan fingerprint density at radius 2 is 1.83 bits per heavy atom. The van der Waals surface area contributed by atoms with Crippen molar-refractivity contribution in [2.24, 2.45) is 0 Å². The fraction of sp³-hybridized carbons (Fsp3) is 0.0588. The normalized spacial score (nSPS) is 11.6. The summed E-state index contributed by atoms with van der Waals surface area (Å²) < 4.78 is 28.2. The van der Waals surface area contributed by atoms with Gasteiger partial charge in [0.2, 0.25) is 0 Å². The fourth-order valence-electron chi connectivity index (χ4n) is 2.62. The zero-order valence-electron chi connectivity index (χ0n) is 14.5. The van der Waals surface area contributed by atoms with Crippen molar-refractivity contribution < 1.29 is 8.42 Å². The standard InChI is InChI=1S/C17H12BrN5O4S2/c18-14-6-7-15(28-14)29(26,27)23-9-12(16(24)19-17(23)25)13-10-22(21-20-13)8-11-4-2-1-3-5-11/h1-7,9-10H,8H2,(H,19,24,25). The Morgan fingerprint density at radius 1 is 1.07 bits per heavy atom. The van der Waals surface area contributed by atoms with Crippen LogP contribution < -0.4 is 11.2 Å². The second-order valence-electron chi connectivity index (χ2n) is 5.95. The quantitative estimate of drug-likeness (QED) is 0.453. The van der Waals surface area contributed by atoms with E-state index in [4.69, 9.17) is 0 Å². The molecule has 0 aliphatic carbocycles. The molecule has 0 saturated heterocycles. The minimum absolute atomic E-state index is 0.0443. The van der Waals surface area contributed by atoms with Gasteiger partial charge in [-0.15, -0.1) is 16.4 Å². The first kappa shape index (κ1) is 19.5. The van der Waals surface area contributed by atoms with E-state index in [1.54, 1.807) is 6.07 Å². The minimum Gasteiger partial charge on any atom is -0.273 e. The molecule has 1 aromatic carbocycles. The van der Waals surface area contributed by atoms with Crippen molar-refractivity contribution in [3.8, 4) is 11.3 Å². The zero-order valence-corrected chi connectivity index (χ0v) is 17.7. The van der Waals surface area contributed by atoms with E-state index in [0.717, 1.165) is 23.1 Å². The Labute approximate surface area is 176 Å². The molecule has 148 valence electrons. The van der Waals surface area contributed by atoms with Gasteiger partial charge in [0.15, 0.2) is 0 Å². The Kier molecular flexibility index (Phi) is 5.06. The number of nitrogens with one attached hydrogen (secondary N) is 1. The van der Waals surface area contributed by atoms with Crippen LogP contribution in [0.5, 0.6) is 0 Å². The molecule has 0 amide bonds. The number of aromatic nitrogens is 5. The Hall–Kier alpha value is -2.83. The first-order valence-electron chi connectivity index (χ1n) is 8.16. The average Bonchev–Trinajstić information content (AvgIpc) is 3.32. The summed E-state index contributed by atoms with van der Waals surface area (Å²) in [6.45, 7) is 0.424. The lowest BCUT2D eigenvalue weighted by Crippen LogP contribution is -2.34. The molecule has 3 aromatic heterocycles. The lowest BCUT2D eigenvalue weighted by Gasteiger charge is -2.06. The number of benzene rings is 1. The van der Waals surface area contributed by atoms with Gasteiger partial charge in [-0.25, -0.2) is 9.48 Å². The van der Waals surface area contributed by atoms with E-state index < -0.39 is 21.3 Å². The molecule has 0 bridgehead atoms. The van der Waals surface area contributed by atoms with E-state index in [-0.39, 0.29) is 15.5 Å². The molecule has 0 fully saturated rings. The molecular weight excluding hydrogens is 482 g/mol. The van der Waals surface area contributed by atoms with Gasteiger partial charge in [-0.1, -0.05) is 35.5 Å². The highest BCUT2D eigenvalue weighted by Gasteiger charge is 2.23. The molecule has 0 saturated carbocycles. The molecule has 1 N–H and O–H groups in total. The topological polar surface area (TPSA) is 120 Å². The van der Waals surface area contributed by atoms with E-state index in [1.807, 2.05) is 35.3 Å². The van der Waals surface area contributed by atoms with E-state index in [2.05, 4.69) is 26.2 Å². The minimum atomic E-state index is -4.17. The number of thiophene rings is 1. The molecule has 3 heterocycles. The number of nitrogens with zero attached hydrogens (tertiary/aromatic N) is 4. The maximum atomic E-state index is 12.8. The Morgan fingerprint density at radius 3 is 2.52 bits per heavy atom. The van der Waals surface area contributed by atoms with Crippen molar-refractivity contribution in [2.75, 3.05) is 0 Å². The highest BCUT2D eigenvalue weighted by atomic mass is 79.9. The van der Waals surface area contributed by atoms with Crippen LogP contribution in [0.25, 0.3) is 11.3 Å². The van der Waals surface area contributed by atoms with Gasteiger partial charge in [-0.05, 0) is 33.6 Å². The third-order valence-corrected chi connectivity index (χ3v) is 7.71. The monoisotopic (exact) mass is 493 g/mol. The van der Waals surface area contributed by atoms with Gasteiger partial charge in [-0.2, -0.15) is 12.4 Å². The molecule has 0 radical (unpaired) electrons. The maximum absolute atomic E-state index is 12.8. The van der Waals surface area contributed by atoms with Crippen LogP contribution in [0.3, 0.4) is 0 Å². The van der Waals surface area contributed by atoms with Gasteiger partial charge in [0, 0.05) is 6.20 Å². The molecular formula is C17H12BrN5O4S2. The van der Waals surface area contributed by atoms with Crippen LogP contribution in [0.2, 0.25) is 0 Å². The smallest absolute Gasteiger partial charge is 0.273 e. The predicted octanol–water partition coefficient (Wildman–Crippen LogP) is 1.90. The number of H-pyrrole nitrogens is 1. The average molecular weight is 494 g/mol. The number of hydrogen-bond acceptors (Lipinski definition) is 7. The van der Waals surface area contributed by atoms with Gasteiger partial charge in [0.25, 0.3) is 15.6 Å². The van der Waals surface area contributed by atoms with Crippen LogP contribution in [-0.4, -0.2) is 32.4 Å². The number of halogens is 1. The number of aromatic amines is 1. The third kappa shape index (κ3) is 3.86. The SMILES string of the molecule is O=c1[nH]c(=O)n(S(=O)(=O)c2ccc(Br)s2)cc1-c1cn(Cc2ccccc2)nn1. The Balaban J connectivity index is 1.75. The molecule has 0 atom stereocenters. The summed E-state index contributed by atoms with van der Waals surface area (Å²) in [7, 11) is -4.17. The molecule has 29 heavy (non-hydrogen) atoms. The van der Waals surface area contributed by atoms with Gasteiger partial charge >= 0.3 is 5.69 Å². The van der Waals surface area contributed by atoms with Crippen molar-refractivity contribution in [1.29, 1.82) is 0 Å². The van der Waals surface area contributed by atoms with Crippen LogP contribution in [0.15, 0.2) is 72.4 Å². The van der Waals surface area contributed by atoms with E-state index in [9.17, 15) is 18.0 Å². The van der Waals surface area contributed by atoms with E-state index in [1.165, 1.54) is 16.9 Å². The molecule has 0 unspecified atom stereocenters. The lowest BCUT2D eigenvalue weighted by molar-refractivity contribution is 0.586.